The van der Waals surface area contributed by atoms with Crippen LogP contribution in [0.1, 0.15) is 13.8 Å². The highest BCUT2D eigenvalue weighted by molar-refractivity contribution is 8.08. The largest absolute Gasteiger partial charge is 0.333 e. The van der Waals surface area contributed by atoms with Crippen molar-refractivity contribution in [1.29, 1.82) is 0 Å². The Kier molecular flexibility index (Phi) is 3.83. The molecule has 1 unspecified atom stereocenters. The minimum Gasteiger partial charge on any atom is -0.329 e. The lowest BCUT2D eigenvalue weighted by Crippen LogP contribution is -2.33. The zero-order valence-electron chi connectivity index (χ0n) is 8.54. The molecule has 15 heavy (non-hydrogen) atoms. The highest BCUT2D eigenvalue weighted by atomic mass is 32.5. The SMILES string of the molecule is CCOP(O)(=S)N1CCN(C(C)=O)C1=O. The first-order chi connectivity index (χ1) is 6.90. The Morgan fingerprint density at radius 1 is 1.67 bits per heavy atom. The molecular weight excluding hydrogens is 239 g/mol. The van der Waals surface area contributed by atoms with Gasteiger partial charge in [-0.2, -0.15) is 0 Å². The smallest absolute Gasteiger partial charge is 0.329 e. The van der Waals surface area contributed by atoms with E-state index in [1.807, 2.05) is 0 Å². The Bertz CT molecular complexity index is 335. The molecule has 1 aliphatic rings. The predicted molar refractivity (Wildman–Crippen MR) is 57.6 cm³/mol. The minimum atomic E-state index is -3.25. The fraction of sp³-hybridized carbons (Fsp3) is 0.714. The summed E-state index contributed by atoms with van der Waals surface area (Å²) in [4.78, 5) is 33.4. The van der Waals surface area contributed by atoms with Crippen LogP contribution in [0.25, 0.3) is 0 Å². The maximum atomic E-state index is 11.6. The highest BCUT2D eigenvalue weighted by Gasteiger charge is 2.39. The quantitative estimate of drug-likeness (QED) is 0.742. The number of hydrogen-bond acceptors (Lipinski definition) is 4. The van der Waals surface area contributed by atoms with Crippen molar-refractivity contribution < 1.29 is 19.0 Å². The summed E-state index contributed by atoms with van der Waals surface area (Å²) < 4.78 is 6.02. The first kappa shape index (κ1) is 12.6. The lowest BCUT2D eigenvalue weighted by molar-refractivity contribution is -0.125. The number of rotatable bonds is 3. The third kappa shape index (κ3) is 2.55. The molecule has 0 saturated carbocycles. The van der Waals surface area contributed by atoms with Crippen molar-refractivity contribution >= 4 is 30.4 Å². The Hall–Kier alpha value is -0.490. The van der Waals surface area contributed by atoms with Crippen molar-refractivity contribution in [2.45, 2.75) is 13.8 Å². The molecule has 0 spiro atoms. The van der Waals surface area contributed by atoms with E-state index in [0.717, 1.165) is 9.57 Å². The van der Waals surface area contributed by atoms with E-state index in [1.165, 1.54) is 6.92 Å². The van der Waals surface area contributed by atoms with Gasteiger partial charge in [0.1, 0.15) is 0 Å². The van der Waals surface area contributed by atoms with E-state index in [9.17, 15) is 14.5 Å². The van der Waals surface area contributed by atoms with Gasteiger partial charge in [0.2, 0.25) is 5.91 Å². The van der Waals surface area contributed by atoms with Gasteiger partial charge in [0, 0.05) is 20.0 Å². The average molecular weight is 252 g/mol. The Labute approximate surface area is 93.0 Å². The predicted octanol–water partition coefficient (Wildman–Crippen LogP) is 0.524. The average Bonchev–Trinajstić information content (AvgIpc) is 2.47. The molecule has 0 aliphatic carbocycles. The summed E-state index contributed by atoms with van der Waals surface area (Å²) in [6.07, 6.45) is 0. The van der Waals surface area contributed by atoms with E-state index < -0.39 is 12.7 Å². The van der Waals surface area contributed by atoms with E-state index in [4.69, 9.17) is 16.3 Å². The maximum absolute atomic E-state index is 11.6. The highest BCUT2D eigenvalue weighted by Crippen LogP contribution is 2.48. The summed E-state index contributed by atoms with van der Waals surface area (Å²) in [6, 6.07) is -0.568. The zero-order chi connectivity index (χ0) is 11.6. The van der Waals surface area contributed by atoms with Crippen LogP contribution in [0.4, 0.5) is 4.79 Å². The fourth-order valence-corrected chi connectivity index (χ4v) is 3.20. The van der Waals surface area contributed by atoms with Crippen molar-refractivity contribution in [3.8, 4) is 0 Å². The van der Waals surface area contributed by atoms with Gasteiger partial charge in [0.25, 0.3) is 6.64 Å². The molecule has 1 N–H and O–H groups in total. The molecule has 1 fully saturated rings. The molecule has 1 saturated heterocycles. The summed E-state index contributed by atoms with van der Waals surface area (Å²) in [5.41, 5.74) is 0. The summed E-state index contributed by atoms with van der Waals surface area (Å²) in [5, 5.41) is 0. The number of urea groups is 1. The standard InChI is InChI=1S/C7H13N2O4PS/c1-3-13-14(12,15)9-5-4-8(6(2)10)7(9)11/h3-5H2,1-2H3,(H,12,15). The molecule has 8 heteroatoms. The molecule has 1 atom stereocenters. The monoisotopic (exact) mass is 252 g/mol. The van der Waals surface area contributed by atoms with Crippen molar-refractivity contribution in [1.82, 2.24) is 9.57 Å². The molecule has 1 aliphatic heterocycles. The molecule has 1 heterocycles. The molecule has 86 valence electrons. The first-order valence-corrected chi connectivity index (χ1v) is 7.10. The number of imide groups is 1. The third-order valence-electron chi connectivity index (χ3n) is 1.97. The van der Waals surface area contributed by atoms with Crippen molar-refractivity contribution in [3.63, 3.8) is 0 Å². The number of carbonyl (C=O) groups is 2. The van der Waals surface area contributed by atoms with Crippen LogP contribution >= 0.6 is 6.64 Å². The van der Waals surface area contributed by atoms with Gasteiger partial charge in [-0.05, 0) is 18.7 Å². The molecule has 0 bridgehead atoms. The first-order valence-electron chi connectivity index (χ1n) is 4.47. The van der Waals surface area contributed by atoms with Crippen LogP contribution < -0.4 is 0 Å². The van der Waals surface area contributed by atoms with Crippen LogP contribution in [0.15, 0.2) is 0 Å². The van der Waals surface area contributed by atoms with E-state index >= 15 is 0 Å². The lowest BCUT2D eigenvalue weighted by atomic mass is 10.5. The number of nitrogens with zero attached hydrogens (tertiary/aromatic N) is 2. The molecule has 3 amide bonds. The van der Waals surface area contributed by atoms with E-state index in [-0.39, 0.29) is 25.6 Å². The minimum absolute atomic E-state index is 0.228. The van der Waals surface area contributed by atoms with Crippen molar-refractivity contribution in [2.24, 2.45) is 0 Å². The van der Waals surface area contributed by atoms with Gasteiger partial charge < -0.3 is 9.42 Å². The van der Waals surface area contributed by atoms with Crippen molar-refractivity contribution in [2.75, 3.05) is 19.7 Å². The van der Waals surface area contributed by atoms with Crippen LogP contribution in [0, 0.1) is 0 Å². The molecule has 1 rings (SSSR count). The van der Waals surface area contributed by atoms with Crippen LogP contribution in [-0.2, 0) is 21.1 Å². The van der Waals surface area contributed by atoms with E-state index in [1.54, 1.807) is 6.92 Å². The van der Waals surface area contributed by atoms with Gasteiger partial charge >= 0.3 is 6.03 Å². The number of carbonyl (C=O) groups excluding carboxylic acids is 2. The van der Waals surface area contributed by atoms with Crippen LogP contribution in [-0.4, -0.2) is 46.1 Å². The fourth-order valence-electron chi connectivity index (χ4n) is 1.29. The molecule has 0 aromatic rings. The Morgan fingerprint density at radius 3 is 2.67 bits per heavy atom. The molecule has 0 aromatic carbocycles. The molecule has 0 radical (unpaired) electrons. The van der Waals surface area contributed by atoms with Crippen LogP contribution in [0.5, 0.6) is 0 Å². The van der Waals surface area contributed by atoms with Gasteiger partial charge in [-0.15, -0.1) is 0 Å². The van der Waals surface area contributed by atoms with Gasteiger partial charge in [-0.25, -0.2) is 4.79 Å². The third-order valence-corrected chi connectivity index (χ3v) is 4.45. The summed E-state index contributed by atoms with van der Waals surface area (Å²) in [5.74, 6) is -0.353. The summed E-state index contributed by atoms with van der Waals surface area (Å²) >= 11 is 4.83. The topological polar surface area (TPSA) is 70.1 Å². The van der Waals surface area contributed by atoms with Crippen LogP contribution in [0.3, 0.4) is 0 Å². The van der Waals surface area contributed by atoms with Gasteiger partial charge in [0.15, 0.2) is 0 Å². The second-order valence-corrected chi connectivity index (χ2v) is 6.13. The number of amides is 3. The van der Waals surface area contributed by atoms with Gasteiger partial charge in [0.05, 0.1) is 6.61 Å². The normalized spacial score (nSPS) is 20.6. The molecular formula is C7H13N2O4PS. The maximum Gasteiger partial charge on any atom is 0.333 e. The Balaban J connectivity index is 2.80. The second-order valence-electron chi connectivity index (χ2n) is 2.98. The van der Waals surface area contributed by atoms with Gasteiger partial charge in [-0.1, -0.05) is 0 Å². The van der Waals surface area contributed by atoms with Gasteiger partial charge in [-0.3, -0.25) is 14.4 Å². The summed E-state index contributed by atoms with van der Waals surface area (Å²) in [6.45, 7) is 0.438. The van der Waals surface area contributed by atoms with Crippen LogP contribution in [0.2, 0.25) is 0 Å². The van der Waals surface area contributed by atoms with E-state index in [2.05, 4.69) is 0 Å². The molecule has 6 nitrogen and oxygen atoms in total. The lowest BCUT2D eigenvalue weighted by Gasteiger charge is -2.24. The van der Waals surface area contributed by atoms with E-state index in [0.29, 0.717) is 0 Å². The second kappa shape index (κ2) is 4.57. The summed E-state index contributed by atoms with van der Waals surface area (Å²) in [7, 11) is 0. The molecule has 0 aromatic heterocycles. The van der Waals surface area contributed by atoms with Crippen molar-refractivity contribution in [3.05, 3.63) is 0 Å². The number of hydrogen-bond donors (Lipinski definition) is 1. The Morgan fingerprint density at radius 2 is 2.27 bits per heavy atom. The zero-order valence-corrected chi connectivity index (χ0v) is 10.3.